The summed E-state index contributed by atoms with van der Waals surface area (Å²) in [5.74, 6) is -0.0951. The highest BCUT2D eigenvalue weighted by atomic mass is 16.5. The number of benzene rings is 3. The van der Waals surface area contributed by atoms with Crippen molar-refractivity contribution in [3.05, 3.63) is 96.2 Å². The number of anilines is 2. The average Bonchev–Trinajstić information content (AvgIpc) is 3.15. The Morgan fingerprint density at radius 3 is 1.97 bits per heavy atom. The Hall–Kier alpha value is -4.06. The van der Waals surface area contributed by atoms with Crippen molar-refractivity contribution in [3.8, 4) is 5.75 Å². The molecule has 0 bridgehead atoms. The van der Waals surface area contributed by atoms with E-state index in [9.17, 15) is 9.59 Å². The molecule has 3 aromatic rings. The molecule has 0 spiro atoms. The first-order chi connectivity index (χ1) is 16.7. The van der Waals surface area contributed by atoms with Gasteiger partial charge in [0.05, 0.1) is 17.9 Å². The molecule has 0 aromatic heterocycles. The first kappa shape index (κ1) is 21.8. The van der Waals surface area contributed by atoms with Crippen LogP contribution in [0.3, 0.4) is 0 Å². The van der Waals surface area contributed by atoms with E-state index in [1.165, 1.54) is 10.6 Å². The van der Waals surface area contributed by atoms with Crippen LogP contribution in [0.1, 0.15) is 12.5 Å². The smallest absolute Gasteiger partial charge is 0.282 e. The first-order valence-corrected chi connectivity index (χ1v) is 11.6. The summed E-state index contributed by atoms with van der Waals surface area (Å²) < 4.78 is 5.75. The van der Waals surface area contributed by atoms with Crippen LogP contribution < -0.4 is 14.5 Å². The number of hydrogen-bond acceptors (Lipinski definition) is 5. The maximum Gasteiger partial charge on any atom is 0.282 e. The lowest BCUT2D eigenvalue weighted by Gasteiger charge is -2.37. The number of nitrogens with zero attached hydrogens (tertiary/aromatic N) is 3. The van der Waals surface area contributed by atoms with Gasteiger partial charge in [-0.15, -0.1) is 0 Å². The van der Waals surface area contributed by atoms with Crippen LogP contribution in [0, 0.1) is 0 Å². The zero-order valence-corrected chi connectivity index (χ0v) is 19.2. The largest absolute Gasteiger partial charge is 0.492 e. The summed E-state index contributed by atoms with van der Waals surface area (Å²) in [6.07, 6.45) is 0. The summed E-state index contributed by atoms with van der Waals surface area (Å²) in [7, 11) is 0. The van der Waals surface area contributed by atoms with Crippen LogP contribution in [0.25, 0.3) is 5.57 Å². The quantitative estimate of drug-likeness (QED) is 0.524. The number of ether oxygens (including phenoxy) is 1. The second-order valence-corrected chi connectivity index (χ2v) is 8.25. The molecule has 3 aromatic carbocycles. The third-order valence-corrected chi connectivity index (χ3v) is 6.25. The first-order valence-electron chi connectivity index (χ1n) is 11.6. The predicted molar refractivity (Wildman–Crippen MR) is 134 cm³/mol. The Morgan fingerprint density at radius 2 is 1.29 bits per heavy atom. The van der Waals surface area contributed by atoms with E-state index in [4.69, 9.17) is 4.74 Å². The summed E-state index contributed by atoms with van der Waals surface area (Å²) in [6, 6.07) is 26.9. The molecular weight excluding hydrogens is 426 g/mol. The minimum Gasteiger partial charge on any atom is -0.492 e. The highest BCUT2D eigenvalue weighted by Crippen LogP contribution is 2.39. The lowest BCUT2D eigenvalue weighted by atomic mass is 10.0. The van der Waals surface area contributed by atoms with Crippen LogP contribution in [-0.4, -0.2) is 49.5 Å². The number of para-hydroxylation sites is 3. The van der Waals surface area contributed by atoms with E-state index in [2.05, 4.69) is 21.9 Å². The van der Waals surface area contributed by atoms with Gasteiger partial charge in [-0.25, -0.2) is 4.90 Å². The molecule has 0 aliphatic carbocycles. The Labute approximate surface area is 199 Å². The van der Waals surface area contributed by atoms with Crippen molar-refractivity contribution >= 4 is 28.8 Å². The fraction of sp³-hybridized carbons (Fsp3) is 0.214. The molecule has 2 heterocycles. The summed E-state index contributed by atoms with van der Waals surface area (Å²) >= 11 is 0. The van der Waals surface area contributed by atoms with E-state index in [0.717, 1.165) is 18.7 Å². The standard InChI is InChI=1S/C28H27N3O3/c1-2-34-24-16-10-9-15-23(24)31-27(32)25(21-11-5-3-6-12-21)26(28(31)33)30-19-17-29(18-20-30)22-13-7-4-8-14-22/h3-16H,2,17-20H2,1H3. The summed E-state index contributed by atoms with van der Waals surface area (Å²) in [4.78, 5) is 33.2. The molecule has 6 nitrogen and oxygen atoms in total. The van der Waals surface area contributed by atoms with Crippen molar-refractivity contribution in [3.63, 3.8) is 0 Å². The predicted octanol–water partition coefficient (Wildman–Crippen LogP) is 4.19. The van der Waals surface area contributed by atoms with Crippen molar-refractivity contribution in [1.29, 1.82) is 0 Å². The average molecular weight is 454 g/mol. The zero-order valence-electron chi connectivity index (χ0n) is 19.2. The minimum absolute atomic E-state index is 0.302. The second-order valence-electron chi connectivity index (χ2n) is 8.25. The van der Waals surface area contributed by atoms with E-state index in [0.29, 0.717) is 42.4 Å². The Morgan fingerprint density at radius 1 is 0.706 bits per heavy atom. The SMILES string of the molecule is CCOc1ccccc1N1C(=O)C(c2ccccc2)=C(N2CCN(c3ccccc3)CC2)C1=O. The van der Waals surface area contributed by atoms with Gasteiger partial charge in [0.25, 0.3) is 11.8 Å². The van der Waals surface area contributed by atoms with Gasteiger partial charge in [-0.1, -0.05) is 60.7 Å². The molecule has 5 rings (SSSR count). The van der Waals surface area contributed by atoms with Gasteiger partial charge in [0, 0.05) is 31.9 Å². The molecule has 0 atom stereocenters. The van der Waals surface area contributed by atoms with Gasteiger partial charge in [0.1, 0.15) is 11.4 Å². The van der Waals surface area contributed by atoms with E-state index in [-0.39, 0.29) is 11.8 Å². The maximum absolute atomic E-state index is 13.8. The number of piperazine rings is 1. The van der Waals surface area contributed by atoms with E-state index >= 15 is 0 Å². The molecule has 172 valence electrons. The molecule has 0 saturated carbocycles. The molecular formula is C28H27N3O3. The van der Waals surface area contributed by atoms with Crippen molar-refractivity contribution in [2.45, 2.75) is 6.92 Å². The van der Waals surface area contributed by atoms with Crippen molar-refractivity contribution in [2.24, 2.45) is 0 Å². The molecule has 0 radical (unpaired) electrons. The van der Waals surface area contributed by atoms with Crippen molar-refractivity contribution in [1.82, 2.24) is 4.90 Å². The zero-order chi connectivity index (χ0) is 23.5. The highest BCUT2D eigenvalue weighted by molar-refractivity contribution is 6.45. The number of imide groups is 1. The number of carbonyl (C=O) groups is 2. The fourth-order valence-electron chi connectivity index (χ4n) is 4.64. The maximum atomic E-state index is 13.8. The van der Waals surface area contributed by atoms with Gasteiger partial charge in [-0.05, 0) is 36.8 Å². The molecule has 34 heavy (non-hydrogen) atoms. The molecule has 1 fully saturated rings. The lowest BCUT2D eigenvalue weighted by molar-refractivity contribution is -0.120. The number of amides is 2. The second kappa shape index (κ2) is 9.43. The highest BCUT2D eigenvalue weighted by Gasteiger charge is 2.44. The van der Waals surface area contributed by atoms with Crippen molar-refractivity contribution < 1.29 is 14.3 Å². The molecule has 1 saturated heterocycles. The van der Waals surface area contributed by atoms with Gasteiger partial charge in [-0.3, -0.25) is 9.59 Å². The molecule has 0 N–H and O–H groups in total. The van der Waals surface area contributed by atoms with Crippen molar-refractivity contribution in [2.75, 3.05) is 42.6 Å². The molecule has 2 aliphatic rings. The van der Waals surface area contributed by atoms with E-state index in [1.54, 1.807) is 12.1 Å². The van der Waals surface area contributed by atoms with Gasteiger partial charge < -0.3 is 14.5 Å². The third kappa shape index (κ3) is 3.92. The topological polar surface area (TPSA) is 53.1 Å². The Balaban J connectivity index is 1.50. The molecule has 6 heteroatoms. The minimum atomic E-state index is -0.316. The van der Waals surface area contributed by atoms with Gasteiger partial charge in [-0.2, -0.15) is 0 Å². The summed E-state index contributed by atoms with van der Waals surface area (Å²) in [6.45, 7) is 5.18. The molecule has 2 amide bonds. The van der Waals surface area contributed by atoms with Gasteiger partial charge >= 0.3 is 0 Å². The van der Waals surface area contributed by atoms with Crippen LogP contribution in [0.2, 0.25) is 0 Å². The van der Waals surface area contributed by atoms with Crippen LogP contribution in [-0.2, 0) is 9.59 Å². The summed E-state index contributed by atoms with van der Waals surface area (Å²) in [5, 5.41) is 0. The monoisotopic (exact) mass is 453 g/mol. The van der Waals surface area contributed by atoms with Crippen LogP contribution in [0.5, 0.6) is 5.75 Å². The number of hydrogen-bond donors (Lipinski definition) is 0. The third-order valence-electron chi connectivity index (χ3n) is 6.25. The Bertz CT molecular complexity index is 1220. The Kier molecular flexibility index (Phi) is 6.04. The van der Waals surface area contributed by atoms with Crippen LogP contribution in [0.4, 0.5) is 11.4 Å². The number of rotatable bonds is 6. The van der Waals surface area contributed by atoms with Gasteiger partial charge in [0.15, 0.2) is 0 Å². The molecule has 0 unspecified atom stereocenters. The van der Waals surface area contributed by atoms with Gasteiger partial charge in [0.2, 0.25) is 0 Å². The lowest BCUT2D eigenvalue weighted by Crippen LogP contribution is -2.47. The summed E-state index contributed by atoms with van der Waals surface area (Å²) in [5.41, 5.74) is 3.31. The molecule has 2 aliphatic heterocycles. The number of carbonyl (C=O) groups excluding carboxylic acids is 2. The fourth-order valence-corrected chi connectivity index (χ4v) is 4.64. The van der Waals surface area contributed by atoms with E-state index < -0.39 is 0 Å². The van der Waals surface area contributed by atoms with E-state index in [1.807, 2.05) is 67.6 Å². The normalized spacial score (nSPS) is 16.4. The van der Waals surface area contributed by atoms with Crippen LogP contribution in [0.15, 0.2) is 90.6 Å². The van der Waals surface area contributed by atoms with Crippen LogP contribution >= 0.6 is 0 Å².